The molecule has 0 saturated carbocycles. The second-order valence-corrected chi connectivity index (χ2v) is 16.5. The van der Waals surface area contributed by atoms with Crippen molar-refractivity contribution >= 4 is 53.4 Å². The summed E-state index contributed by atoms with van der Waals surface area (Å²) in [5.74, 6) is 1.36. The van der Waals surface area contributed by atoms with Crippen LogP contribution < -0.4 is 0 Å². The summed E-state index contributed by atoms with van der Waals surface area (Å²) in [6.45, 7) is 0. The van der Waals surface area contributed by atoms with Gasteiger partial charge in [-0.3, -0.25) is 0 Å². The van der Waals surface area contributed by atoms with Gasteiger partial charge in [-0.1, -0.05) is 158 Å². The Kier molecular flexibility index (Phi) is 8.61. The normalized spacial score (nSPS) is 11.5. The van der Waals surface area contributed by atoms with Gasteiger partial charge in [-0.15, -0.1) is 11.3 Å². The lowest BCUT2D eigenvalue weighted by Gasteiger charge is -2.12. The van der Waals surface area contributed by atoms with E-state index in [4.69, 9.17) is 14.4 Å². The van der Waals surface area contributed by atoms with Crippen LogP contribution in [-0.4, -0.2) is 19.9 Å². The van der Waals surface area contributed by atoms with Crippen molar-refractivity contribution in [3.8, 4) is 78.7 Å². The predicted octanol–water partition coefficient (Wildman–Crippen LogP) is 15.2. The number of furan rings is 1. The number of para-hydroxylation sites is 1. The monoisotopic (exact) mass is 810 g/mol. The molecule has 12 aromatic rings. The van der Waals surface area contributed by atoms with Gasteiger partial charge in [0.05, 0.1) is 11.4 Å². The molecular weight excluding hydrogens is 777 g/mol. The topological polar surface area (TPSA) is 64.7 Å². The van der Waals surface area contributed by atoms with Crippen LogP contribution in [0.5, 0.6) is 0 Å². The number of fused-ring (bicyclic) bond motifs is 6. The standard InChI is InChI=1S/C56H34N4OS/c1-3-11-37(12-4-1)48-32-49(60-56(59-48)40-25-19-35(20-26-40)42-33-57-55(58-34-42)39-13-5-2-6-14-39)38-23-21-36(22-24-38)43-28-29-44(54-53(43)46-16-7-9-17-50(46)61-54)41-27-30-52-47(31-41)45-15-8-10-18-51(45)62-52/h1-34H. The van der Waals surface area contributed by atoms with E-state index < -0.39 is 0 Å². The minimum absolute atomic E-state index is 0.656. The van der Waals surface area contributed by atoms with Gasteiger partial charge in [-0.05, 0) is 58.7 Å². The van der Waals surface area contributed by atoms with Crippen molar-refractivity contribution in [3.63, 3.8) is 0 Å². The van der Waals surface area contributed by atoms with Gasteiger partial charge in [0, 0.05) is 76.7 Å². The Labute approximate surface area is 361 Å². The lowest BCUT2D eigenvalue weighted by molar-refractivity contribution is 0.670. The molecule has 0 aliphatic carbocycles. The third-order valence-electron chi connectivity index (χ3n) is 11.7. The number of hydrogen-bond acceptors (Lipinski definition) is 6. The summed E-state index contributed by atoms with van der Waals surface area (Å²) in [7, 11) is 0. The van der Waals surface area contributed by atoms with Crippen LogP contribution in [0.3, 0.4) is 0 Å². The van der Waals surface area contributed by atoms with E-state index in [0.29, 0.717) is 11.6 Å². The summed E-state index contributed by atoms with van der Waals surface area (Å²) >= 11 is 1.84. The zero-order valence-electron chi connectivity index (χ0n) is 33.2. The van der Waals surface area contributed by atoms with Gasteiger partial charge in [-0.25, -0.2) is 19.9 Å². The van der Waals surface area contributed by atoms with Crippen molar-refractivity contribution in [2.45, 2.75) is 0 Å². The summed E-state index contributed by atoms with van der Waals surface area (Å²) < 4.78 is 9.30. The van der Waals surface area contributed by atoms with E-state index in [-0.39, 0.29) is 0 Å². The average Bonchev–Trinajstić information content (AvgIpc) is 3.93. The number of rotatable bonds is 7. The molecule has 0 bridgehead atoms. The fraction of sp³-hybridized carbons (Fsp3) is 0. The quantitative estimate of drug-likeness (QED) is 0.160. The molecular formula is C56H34N4OS. The van der Waals surface area contributed by atoms with Crippen molar-refractivity contribution < 1.29 is 4.42 Å². The highest BCUT2D eigenvalue weighted by Gasteiger charge is 2.19. The van der Waals surface area contributed by atoms with Crippen LogP contribution in [-0.2, 0) is 0 Å². The molecule has 0 N–H and O–H groups in total. The van der Waals surface area contributed by atoms with E-state index in [1.165, 1.54) is 20.2 Å². The molecule has 0 fully saturated rings. The molecule has 6 heteroatoms. The van der Waals surface area contributed by atoms with Crippen LogP contribution in [0.15, 0.2) is 211 Å². The third kappa shape index (κ3) is 6.33. The molecule has 0 radical (unpaired) electrons. The lowest BCUT2D eigenvalue weighted by atomic mass is 9.93. The fourth-order valence-electron chi connectivity index (χ4n) is 8.52. The number of aromatic nitrogens is 4. The predicted molar refractivity (Wildman–Crippen MR) is 256 cm³/mol. The van der Waals surface area contributed by atoms with Crippen LogP contribution in [0.1, 0.15) is 0 Å². The maximum absolute atomic E-state index is 6.72. The highest BCUT2D eigenvalue weighted by molar-refractivity contribution is 7.25. The van der Waals surface area contributed by atoms with Crippen molar-refractivity contribution in [3.05, 3.63) is 207 Å². The van der Waals surface area contributed by atoms with Gasteiger partial charge >= 0.3 is 0 Å². The molecule has 0 atom stereocenters. The van der Waals surface area contributed by atoms with Crippen LogP contribution >= 0.6 is 11.3 Å². The first-order valence-electron chi connectivity index (χ1n) is 20.6. The fourth-order valence-corrected chi connectivity index (χ4v) is 9.60. The summed E-state index contributed by atoms with van der Waals surface area (Å²) in [5, 5.41) is 4.76. The van der Waals surface area contributed by atoms with Crippen LogP contribution in [0.25, 0.3) is 121 Å². The smallest absolute Gasteiger partial charge is 0.160 e. The third-order valence-corrected chi connectivity index (χ3v) is 12.8. The first kappa shape index (κ1) is 35.8. The first-order chi connectivity index (χ1) is 30.7. The second kappa shape index (κ2) is 14.9. The molecule has 0 spiro atoms. The van der Waals surface area contributed by atoms with Crippen molar-refractivity contribution in [2.75, 3.05) is 0 Å². The molecule has 4 aromatic heterocycles. The summed E-state index contributed by atoms with van der Waals surface area (Å²) in [4.78, 5) is 19.5. The summed E-state index contributed by atoms with van der Waals surface area (Å²) in [6, 6.07) is 67.6. The number of thiophene rings is 1. The first-order valence-corrected chi connectivity index (χ1v) is 21.4. The van der Waals surface area contributed by atoms with Crippen LogP contribution in [0.2, 0.25) is 0 Å². The van der Waals surface area contributed by atoms with Gasteiger partial charge < -0.3 is 4.42 Å². The minimum Gasteiger partial charge on any atom is -0.455 e. The van der Waals surface area contributed by atoms with Gasteiger partial charge in [0.25, 0.3) is 0 Å². The van der Waals surface area contributed by atoms with Gasteiger partial charge in [0.15, 0.2) is 11.6 Å². The van der Waals surface area contributed by atoms with E-state index in [1.807, 2.05) is 78.3 Å². The molecule has 0 aliphatic heterocycles. The molecule has 0 aliphatic rings. The maximum atomic E-state index is 6.72. The number of benzene rings is 8. The average molecular weight is 811 g/mol. The van der Waals surface area contributed by atoms with Crippen molar-refractivity contribution in [1.82, 2.24) is 19.9 Å². The molecule has 62 heavy (non-hydrogen) atoms. The van der Waals surface area contributed by atoms with Crippen LogP contribution in [0, 0.1) is 0 Å². The van der Waals surface area contributed by atoms with Gasteiger partial charge in [0.1, 0.15) is 11.2 Å². The Balaban J connectivity index is 0.910. The zero-order valence-corrected chi connectivity index (χ0v) is 34.1. The highest BCUT2D eigenvalue weighted by Crippen LogP contribution is 2.44. The Morgan fingerprint density at radius 3 is 1.66 bits per heavy atom. The Morgan fingerprint density at radius 2 is 0.903 bits per heavy atom. The van der Waals surface area contributed by atoms with E-state index in [9.17, 15) is 0 Å². The second-order valence-electron chi connectivity index (χ2n) is 15.4. The van der Waals surface area contributed by atoms with Crippen LogP contribution in [0.4, 0.5) is 0 Å². The summed E-state index contributed by atoms with van der Waals surface area (Å²) in [6.07, 6.45) is 3.75. The molecule has 12 rings (SSSR count). The number of nitrogens with zero attached hydrogens (tertiary/aromatic N) is 4. The molecule has 5 nitrogen and oxygen atoms in total. The molecule has 0 amide bonds. The van der Waals surface area contributed by atoms with E-state index in [2.05, 4.69) is 149 Å². The number of hydrogen-bond donors (Lipinski definition) is 0. The Bertz CT molecular complexity index is 3600. The molecule has 0 unspecified atom stereocenters. The SMILES string of the molecule is c1ccc(-c2cc(-c3ccc(-c4ccc(-c5ccc6sc7ccccc7c6c5)c5oc6ccccc6c45)cc3)nc(-c3ccc(-c4cnc(-c5ccccc5)nc4)cc3)n2)cc1. The summed E-state index contributed by atoms with van der Waals surface area (Å²) in [5.41, 5.74) is 13.8. The van der Waals surface area contributed by atoms with Crippen molar-refractivity contribution in [1.29, 1.82) is 0 Å². The van der Waals surface area contributed by atoms with E-state index in [1.54, 1.807) is 0 Å². The highest BCUT2D eigenvalue weighted by atomic mass is 32.1. The van der Waals surface area contributed by atoms with Gasteiger partial charge in [0.2, 0.25) is 0 Å². The van der Waals surface area contributed by atoms with Crippen molar-refractivity contribution in [2.24, 2.45) is 0 Å². The molecule has 8 aromatic carbocycles. The van der Waals surface area contributed by atoms with Gasteiger partial charge in [-0.2, -0.15) is 0 Å². The lowest BCUT2D eigenvalue weighted by Crippen LogP contribution is -1.96. The minimum atomic E-state index is 0.656. The van der Waals surface area contributed by atoms with E-state index in [0.717, 1.165) is 89.0 Å². The molecule has 4 heterocycles. The molecule has 290 valence electrons. The largest absolute Gasteiger partial charge is 0.455 e. The Hall–Kier alpha value is -8.06. The Morgan fingerprint density at radius 1 is 0.355 bits per heavy atom. The van der Waals surface area contributed by atoms with E-state index >= 15 is 0 Å². The maximum Gasteiger partial charge on any atom is 0.160 e. The molecule has 0 saturated heterocycles. The zero-order chi connectivity index (χ0) is 41.0.